The molecule has 60 heavy (non-hydrogen) atoms. The summed E-state index contributed by atoms with van der Waals surface area (Å²) in [7, 11) is -2.99. The summed E-state index contributed by atoms with van der Waals surface area (Å²) in [5.74, 6) is 1.60. The molecule has 12 nitrogen and oxygen atoms in total. The number of ether oxygens (including phenoxy) is 1. The molecule has 13 heteroatoms. The molecule has 2 atom stereocenters. The van der Waals surface area contributed by atoms with Gasteiger partial charge in [0.15, 0.2) is 0 Å². The fourth-order valence-electron chi connectivity index (χ4n) is 8.18. The monoisotopic (exact) mass is 872 g/mol. The Balaban J connectivity index is 0.000000377. The molecule has 0 radical (unpaired) electrons. The standard InChI is InChI=1S/C11H21NO.C10H20N2O.C10H21NO2S.C8H18N2.C8H17NO/c1-9(13)12-7-5-6-10(8-12)11(2,3)4;1-9(13)11-5-7-12(8-6-11)10(2,3)4;1-10(2,3)9-6-5-7-11(8-9)14(4,12)13;1-8(2,3)10-6-4-9-5-7-10;1-8(2,3)9-4-6-10-7-5-9/h10H,5-8H2,1-4H3;5-8H2,1-4H3;9H,5-8H2,1-4H3;9H,4-7H2,1-3H3;4-7H2,1-3H3. The molecule has 0 spiro atoms. The van der Waals surface area contributed by atoms with Gasteiger partial charge in [0.25, 0.3) is 0 Å². The first-order chi connectivity index (χ1) is 27.2. The molecular formula is C47H97N7O5S. The van der Waals surface area contributed by atoms with Gasteiger partial charge < -0.3 is 19.9 Å². The first kappa shape index (κ1) is 56.7. The predicted octanol–water partition coefficient (Wildman–Crippen LogP) is 6.75. The second kappa shape index (κ2) is 24.6. The minimum absolute atomic E-state index is 0.202. The molecule has 2 amide bonds. The molecule has 2 unspecified atom stereocenters. The molecule has 0 saturated carbocycles. The Morgan fingerprint density at radius 3 is 1.25 bits per heavy atom. The fourth-order valence-corrected chi connectivity index (χ4v) is 9.09. The molecule has 0 aliphatic carbocycles. The third-order valence-electron chi connectivity index (χ3n) is 12.9. The van der Waals surface area contributed by atoms with Crippen molar-refractivity contribution in [1.29, 1.82) is 0 Å². The van der Waals surface area contributed by atoms with E-state index in [0.717, 1.165) is 91.5 Å². The summed E-state index contributed by atoms with van der Waals surface area (Å²) in [5, 5.41) is 3.35. The molecule has 1 N–H and O–H groups in total. The van der Waals surface area contributed by atoms with E-state index in [0.29, 0.717) is 41.4 Å². The quantitative estimate of drug-likeness (QED) is 0.306. The Labute approximate surface area is 371 Å². The smallest absolute Gasteiger partial charge is 0.219 e. The van der Waals surface area contributed by atoms with Crippen molar-refractivity contribution in [2.75, 3.05) is 111 Å². The highest BCUT2D eigenvalue weighted by atomic mass is 32.2. The van der Waals surface area contributed by atoms with Gasteiger partial charge in [-0.2, -0.15) is 0 Å². The number of amides is 2. The molecule has 5 aliphatic rings. The third kappa shape index (κ3) is 22.3. The summed E-state index contributed by atoms with van der Waals surface area (Å²) in [5.41, 5.74) is 1.48. The number of piperidine rings is 2. The van der Waals surface area contributed by atoms with Gasteiger partial charge in [-0.15, -0.1) is 0 Å². The number of nitrogens with one attached hydrogen (secondary N) is 1. The largest absolute Gasteiger partial charge is 0.379 e. The van der Waals surface area contributed by atoms with Crippen LogP contribution in [0.5, 0.6) is 0 Å². The number of likely N-dealkylation sites (tertiary alicyclic amines) is 1. The van der Waals surface area contributed by atoms with Crippen LogP contribution in [0.25, 0.3) is 0 Å². The number of carbonyl (C=O) groups excluding carboxylic acids is 2. The minimum Gasteiger partial charge on any atom is -0.379 e. The third-order valence-corrected chi connectivity index (χ3v) is 14.1. The number of piperazine rings is 2. The van der Waals surface area contributed by atoms with Crippen molar-refractivity contribution in [2.45, 2.75) is 160 Å². The maximum absolute atomic E-state index is 11.4. The van der Waals surface area contributed by atoms with Crippen molar-refractivity contribution in [2.24, 2.45) is 22.7 Å². The Hall–Kier alpha value is -1.35. The van der Waals surface area contributed by atoms with E-state index < -0.39 is 10.0 Å². The van der Waals surface area contributed by atoms with Crippen molar-refractivity contribution >= 4 is 21.8 Å². The molecule has 356 valence electrons. The Bertz CT molecular complexity index is 1310. The zero-order valence-corrected chi connectivity index (χ0v) is 43.2. The van der Waals surface area contributed by atoms with Crippen LogP contribution >= 0.6 is 0 Å². The van der Waals surface area contributed by atoms with Crippen LogP contribution in [0.3, 0.4) is 0 Å². The van der Waals surface area contributed by atoms with Crippen molar-refractivity contribution in [3.8, 4) is 0 Å². The number of morpholine rings is 1. The van der Waals surface area contributed by atoms with Gasteiger partial charge >= 0.3 is 0 Å². The van der Waals surface area contributed by atoms with Gasteiger partial charge in [0, 0.05) is 122 Å². The summed E-state index contributed by atoms with van der Waals surface area (Å²) < 4.78 is 29.6. The van der Waals surface area contributed by atoms with Crippen molar-refractivity contribution in [3.63, 3.8) is 0 Å². The highest BCUT2D eigenvalue weighted by Gasteiger charge is 2.33. The fraction of sp³-hybridized carbons (Fsp3) is 0.957. The van der Waals surface area contributed by atoms with Crippen LogP contribution in [0.15, 0.2) is 0 Å². The van der Waals surface area contributed by atoms with Crippen LogP contribution in [0.4, 0.5) is 0 Å². The van der Waals surface area contributed by atoms with E-state index in [1.165, 1.54) is 32.2 Å². The molecule has 0 aromatic heterocycles. The second-order valence-corrected chi connectivity index (χ2v) is 24.8. The maximum Gasteiger partial charge on any atom is 0.219 e. The number of carbonyl (C=O) groups is 2. The highest BCUT2D eigenvalue weighted by Crippen LogP contribution is 2.34. The lowest BCUT2D eigenvalue weighted by Crippen LogP contribution is -2.54. The van der Waals surface area contributed by atoms with Gasteiger partial charge in [-0.3, -0.25) is 24.3 Å². The first-order valence-corrected chi connectivity index (χ1v) is 25.1. The van der Waals surface area contributed by atoms with E-state index in [-0.39, 0.29) is 22.8 Å². The Kier molecular flexibility index (Phi) is 23.3. The van der Waals surface area contributed by atoms with E-state index in [2.05, 4.69) is 124 Å². The van der Waals surface area contributed by atoms with Gasteiger partial charge in [-0.1, -0.05) is 41.5 Å². The van der Waals surface area contributed by atoms with Crippen LogP contribution in [-0.4, -0.2) is 177 Å². The number of rotatable bonds is 1. The van der Waals surface area contributed by atoms with Crippen LogP contribution in [0, 0.1) is 22.7 Å². The van der Waals surface area contributed by atoms with Gasteiger partial charge in [0.2, 0.25) is 21.8 Å². The molecule has 0 aromatic carbocycles. The number of nitrogens with zero attached hydrogens (tertiary/aromatic N) is 6. The van der Waals surface area contributed by atoms with Gasteiger partial charge in [0.05, 0.1) is 19.5 Å². The van der Waals surface area contributed by atoms with Gasteiger partial charge in [0.1, 0.15) is 0 Å². The van der Waals surface area contributed by atoms with E-state index in [1.54, 1.807) is 18.2 Å². The maximum atomic E-state index is 11.4. The van der Waals surface area contributed by atoms with Gasteiger partial charge in [-0.05, 0) is 111 Å². The number of hydrogen-bond acceptors (Lipinski definition) is 9. The molecular weight excluding hydrogens is 775 g/mol. The van der Waals surface area contributed by atoms with E-state index in [1.807, 2.05) is 9.80 Å². The molecule has 0 aromatic rings. The Morgan fingerprint density at radius 2 is 0.900 bits per heavy atom. The van der Waals surface area contributed by atoms with E-state index in [4.69, 9.17) is 4.74 Å². The SMILES string of the molecule is CC(=O)N1CCCC(C(C)(C)C)C1.CC(=O)N1CCN(C(C)(C)C)CC1.CC(C)(C)C1CCCN(S(C)(=O)=O)C1.CC(C)(C)N1CCNCC1.CC(C)(C)N1CCOCC1. The summed E-state index contributed by atoms with van der Waals surface area (Å²) in [4.78, 5) is 33.6. The van der Waals surface area contributed by atoms with Crippen LogP contribution in [0.2, 0.25) is 0 Å². The highest BCUT2D eigenvalue weighted by molar-refractivity contribution is 7.88. The Morgan fingerprint density at radius 1 is 0.517 bits per heavy atom. The zero-order chi connectivity index (χ0) is 46.3. The second-order valence-electron chi connectivity index (χ2n) is 22.8. The molecule has 5 fully saturated rings. The van der Waals surface area contributed by atoms with Crippen LogP contribution < -0.4 is 5.32 Å². The lowest BCUT2D eigenvalue weighted by Gasteiger charge is -2.42. The van der Waals surface area contributed by atoms with E-state index in [9.17, 15) is 18.0 Å². The average Bonchev–Trinajstić information content (AvgIpc) is 3.15. The minimum atomic E-state index is -2.99. The molecule has 5 heterocycles. The molecule has 5 rings (SSSR count). The summed E-state index contributed by atoms with van der Waals surface area (Å²) in [6, 6.07) is 0. The predicted molar refractivity (Wildman–Crippen MR) is 253 cm³/mol. The number of hydrogen-bond donors (Lipinski definition) is 1. The first-order valence-electron chi connectivity index (χ1n) is 23.2. The topological polar surface area (TPSA) is 109 Å². The van der Waals surface area contributed by atoms with Crippen molar-refractivity contribution < 1.29 is 22.7 Å². The van der Waals surface area contributed by atoms with Crippen molar-refractivity contribution in [3.05, 3.63) is 0 Å². The van der Waals surface area contributed by atoms with Gasteiger partial charge in [-0.25, -0.2) is 12.7 Å². The molecule has 5 aliphatic heterocycles. The van der Waals surface area contributed by atoms with Crippen LogP contribution in [0.1, 0.15) is 143 Å². The lowest BCUT2D eigenvalue weighted by atomic mass is 9.76. The summed E-state index contributed by atoms with van der Waals surface area (Å²) >= 11 is 0. The molecule has 0 bridgehead atoms. The van der Waals surface area contributed by atoms with Crippen LogP contribution in [-0.2, 0) is 24.3 Å². The zero-order valence-electron chi connectivity index (χ0n) is 42.4. The average molecular weight is 872 g/mol. The summed E-state index contributed by atoms with van der Waals surface area (Å²) in [6.45, 7) is 52.6. The summed E-state index contributed by atoms with van der Waals surface area (Å²) in [6.07, 6.45) is 5.89. The molecule has 5 saturated heterocycles. The lowest BCUT2D eigenvalue weighted by molar-refractivity contribution is -0.132. The van der Waals surface area contributed by atoms with E-state index >= 15 is 0 Å². The van der Waals surface area contributed by atoms with Crippen molar-refractivity contribution in [1.82, 2.24) is 34.1 Å². The number of sulfonamides is 1. The normalized spacial score (nSPS) is 23.6.